The fraction of sp³-hybridized carbons (Fsp3) is 0.750. The van der Waals surface area contributed by atoms with Crippen molar-refractivity contribution in [3.63, 3.8) is 0 Å². The molecule has 0 spiro atoms. The monoisotopic (exact) mass is 240 g/mol. The SMILES string of the molecule is CC(C)n1cc(OCC2(CS)CCC2)cn1. The van der Waals surface area contributed by atoms with Gasteiger partial charge in [-0.3, -0.25) is 4.68 Å². The Morgan fingerprint density at radius 1 is 1.56 bits per heavy atom. The van der Waals surface area contributed by atoms with Gasteiger partial charge in [-0.1, -0.05) is 6.42 Å². The normalized spacial score (nSPS) is 18.5. The maximum absolute atomic E-state index is 5.80. The largest absolute Gasteiger partial charge is 0.490 e. The van der Waals surface area contributed by atoms with Crippen molar-refractivity contribution in [2.75, 3.05) is 12.4 Å². The fourth-order valence-electron chi connectivity index (χ4n) is 1.94. The average Bonchev–Trinajstić information content (AvgIpc) is 2.65. The Bertz CT molecular complexity index is 339. The smallest absolute Gasteiger partial charge is 0.157 e. The molecule has 0 radical (unpaired) electrons. The first-order valence-electron chi connectivity index (χ1n) is 5.93. The summed E-state index contributed by atoms with van der Waals surface area (Å²) in [7, 11) is 0. The predicted octanol–water partition coefficient (Wildman–Crippen LogP) is 2.94. The third-order valence-electron chi connectivity index (χ3n) is 3.40. The maximum atomic E-state index is 5.80. The first kappa shape index (κ1) is 11.8. The lowest BCUT2D eigenvalue weighted by atomic mass is 9.71. The van der Waals surface area contributed by atoms with Crippen LogP contribution in [0.1, 0.15) is 39.2 Å². The second-order valence-electron chi connectivity index (χ2n) is 5.05. The van der Waals surface area contributed by atoms with Crippen LogP contribution in [-0.4, -0.2) is 22.1 Å². The third kappa shape index (κ3) is 2.37. The highest BCUT2D eigenvalue weighted by molar-refractivity contribution is 7.80. The second-order valence-corrected chi connectivity index (χ2v) is 5.37. The van der Waals surface area contributed by atoms with Crippen molar-refractivity contribution in [1.82, 2.24) is 9.78 Å². The van der Waals surface area contributed by atoms with E-state index >= 15 is 0 Å². The standard InChI is InChI=1S/C12H20N2OS/c1-10(2)14-7-11(6-13-14)15-8-12(9-16)4-3-5-12/h6-7,10,16H,3-5,8-9H2,1-2H3. The summed E-state index contributed by atoms with van der Waals surface area (Å²) in [5.74, 6) is 1.80. The third-order valence-corrected chi connectivity index (χ3v) is 4.07. The summed E-state index contributed by atoms with van der Waals surface area (Å²) in [6, 6.07) is 0.389. The second kappa shape index (κ2) is 4.70. The molecule has 0 amide bonds. The Morgan fingerprint density at radius 3 is 2.75 bits per heavy atom. The molecule has 0 aliphatic heterocycles. The van der Waals surface area contributed by atoms with E-state index in [-0.39, 0.29) is 0 Å². The number of nitrogens with zero attached hydrogens (tertiary/aromatic N) is 2. The van der Waals surface area contributed by atoms with Crippen LogP contribution in [-0.2, 0) is 0 Å². The molecule has 1 fully saturated rings. The van der Waals surface area contributed by atoms with Crippen LogP contribution in [0.3, 0.4) is 0 Å². The van der Waals surface area contributed by atoms with Gasteiger partial charge in [0.25, 0.3) is 0 Å². The van der Waals surface area contributed by atoms with E-state index in [9.17, 15) is 0 Å². The molecule has 1 heterocycles. The van der Waals surface area contributed by atoms with Crippen LogP contribution in [0.2, 0.25) is 0 Å². The van der Waals surface area contributed by atoms with Gasteiger partial charge in [-0.15, -0.1) is 0 Å². The Morgan fingerprint density at radius 2 is 2.31 bits per heavy atom. The first-order valence-corrected chi connectivity index (χ1v) is 6.56. The van der Waals surface area contributed by atoms with Crippen molar-refractivity contribution in [2.45, 2.75) is 39.2 Å². The summed E-state index contributed by atoms with van der Waals surface area (Å²) in [4.78, 5) is 0. The summed E-state index contributed by atoms with van der Waals surface area (Å²) in [5, 5.41) is 4.26. The van der Waals surface area contributed by atoms with Gasteiger partial charge in [-0.05, 0) is 32.4 Å². The average molecular weight is 240 g/mol. The van der Waals surface area contributed by atoms with Gasteiger partial charge < -0.3 is 4.74 Å². The van der Waals surface area contributed by atoms with Crippen molar-refractivity contribution in [3.8, 4) is 5.75 Å². The maximum Gasteiger partial charge on any atom is 0.157 e. The summed E-state index contributed by atoms with van der Waals surface area (Å²) >= 11 is 4.42. The van der Waals surface area contributed by atoms with Crippen LogP contribution in [0.15, 0.2) is 12.4 Å². The van der Waals surface area contributed by atoms with Gasteiger partial charge in [0, 0.05) is 11.5 Å². The van der Waals surface area contributed by atoms with Crippen LogP contribution < -0.4 is 4.74 Å². The van der Waals surface area contributed by atoms with E-state index in [1.54, 1.807) is 6.20 Å². The van der Waals surface area contributed by atoms with Gasteiger partial charge in [0.1, 0.15) is 0 Å². The number of aromatic nitrogens is 2. The quantitative estimate of drug-likeness (QED) is 0.801. The molecule has 0 atom stereocenters. The van der Waals surface area contributed by atoms with Crippen molar-refractivity contribution < 1.29 is 4.74 Å². The minimum absolute atomic E-state index is 0.322. The van der Waals surface area contributed by atoms with E-state index in [2.05, 4.69) is 31.6 Å². The molecule has 0 bridgehead atoms. The van der Waals surface area contributed by atoms with Crippen molar-refractivity contribution in [2.24, 2.45) is 5.41 Å². The fourth-order valence-corrected chi connectivity index (χ4v) is 2.35. The molecule has 1 saturated carbocycles. The van der Waals surface area contributed by atoms with Crippen LogP contribution in [0.5, 0.6) is 5.75 Å². The van der Waals surface area contributed by atoms with Gasteiger partial charge in [-0.2, -0.15) is 17.7 Å². The van der Waals surface area contributed by atoms with Crippen molar-refractivity contribution in [1.29, 1.82) is 0 Å². The number of hydrogen-bond acceptors (Lipinski definition) is 3. The zero-order valence-corrected chi connectivity index (χ0v) is 10.9. The highest BCUT2D eigenvalue weighted by atomic mass is 32.1. The number of thiol groups is 1. The summed E-state index contributed by atoms with van der Waals surface area (Å²) in [6.45, 7) is 5.00. The van der Waals surface area contributed by atoms with E-state index in [0.29, 0.717) is 11.5 Å². The molecule has 1 aromatic heterocycles. The molecule has 16 heavy (non-hydrogen) atoms. The molecular weight excluding hydrogens is 220 g/mol. The molecule has 0 aromatic carbocycles. The Labute approximate surface area is 103 Å². The molecule has 0 N–H and O–H groups in total. The van der Waals surface area contributed by atoms with Gasteiger partial charge in [0.15, 0.2) is 5.75 Å². The zero-order chi connectivity index (χ0) is 11.6. The van der Waals surface area contributed by atoms with E-state index < -0.39 is 0 Å². The van der Waals surface area contributed by atoms with Crippen LogP contribution in [0.4, 0.5) is 0 Å². The van der Waals surface area contributed by atoms with E-state index in [4.69, 9.17) is 4.74 Å². The van der Waals surface area contributed by atoms with Crippen molar-refractivity contribution in [3.05, 3.63) is 12.4 Å². The molecule has 1 aromatic rings. The number of hydrogen-bond donors (Lipinski definition) is 1. The minimum atomic E-state index is 0.322. The van der Waals surface area contributed by atoms with Crippen LogP contribution >= 0.6 is 12.6 Å². The molecule has 0 unspecified atom stereocenters. The molecule has 1 aliphatic carbocycles. The van der Waals surface area contributed by atoms with E-state index in [0.717, 1.165) is 18.1 Å². The van der Waals surface area contributed by atoms with Gasteiger partial charge >= 0.3 is 0 Å². The lowest BCUT2D eigenvalue weighted by Gasteiger charge is -2.40. The van der Waals surface area contributed by atoms with Gasteiger partial charge in [-0.25, -0.2) is 0 Å². The molecule has 2 rings (SSSR count). The van der Waals surface area contributed by atoms with Gasteiger partial charge in [0.05, 0.1) is 19.0 Å². The highest BCUT2D eigenvalue weighted by Crippen LogP contribution is 2.42. The Balaban J connectivity index is 1.89. The lowest BCUT2D eigenvalue weighted by molar-refractivity contribution is 0.0829. The van der Waals surface area contributed by atoms with E-state index in [1.807, 2.05) is 10.9 Å². The molecule has 1 aliphatic rings. The summed E-state index contributed by atoms with van der Waals surface area (Å²) in [5.41, 5.74) is 0.322. The highest BCUT2D eigenvalue weighted by Gasteiger charge is 2.36. The zero-order valence-electron chi connectivity index (χ0n) is 10.0. The Kier molecular flexibility index (Phi) is 3.47. The van der Waals surface area contributed by atoms with Crippen molar-refractivity contribution >= 4 is 12.6 Å². The molecule has 90 valence electrons. The van der Waals surface area contributed by atoms with Gasteiger partial charge in [0.2, 0.25) is 0 Å². The van der Waals surface area contributed by atoms with Crippen LogP contribution in [0, 0.1) is 5.41 Å². The Hall–Kier alpha value is -0.640. The van der Waals surface area contributed by atoms with Crippen LogP contribution in [0.25, 0.3) is 0 Å². The molecule has 0 saturated heterocycles. The number of rotatable bonds is 5. The lowest BCUT2D eigenvalue weighted by Crippen LogP contribution is -2.37. The summed E-state index contributed by atoms with van der Waals surface area (Å²) < 4.78 is 7.72. The molecule has 3 nitrogen and oxygen atoms in total. The van der Waals surface area contributed by atoms with E-state index in [1.165, 1.54) is 19.3 Å². The summed E-state index contributed by atoms with van der Waals surface area (Å²) in [6.07, 6.45) is 7.57. The molecule has 4 heteroatoms. The number of ether oxygens (including phenoxy) is 1. The topological polar surface area (TPSA) is 27.1 Å². The minimum Gasteiger partial charge on any atom is -0.490 e. The predicted molar refractivity (Wildman–Crippen MR) is 68.2 cm³/mol. The molecular formula is C12H20N2OS. The first-order chi connectivity index (χ1) is 7.65.